The third-order valence-electron chi connectivity index (χ3n) is 10.9. The van der Waals surface area contributed by atoms with Crippen LogP contribution in [0, 0.1) is 20.8 Å². The minimum Gasteiger partial charge on any atom is -0.493 e. The van der Waals surface area contributed by atoms with Crippen LogP contribution < -0.4 is 10.1 Å². The van der Waals surface area contributed by atoms with Gasteiger partial charge in [-0.2, -0.15) is 0 Å². The summed E-state index contributed by atoms with van der Waals surface area (Å²) in [5, 5.41) is 13.2. The van der Waals surface area contributed by atoms with Gasteiger partial charge in [0.2, 0.25) is 3.79 Å². The number of benzene rings is 3. The summed E-state index contributed by atoms with van der Waals surface area (Å²) in [6, 6.07) is 19.7. The molecule has 11 heteroatoms. The number of carbonyl (C=O) groups excluding carboxylic acids is 2. The number of piperazine rings is 1. The fourth-order valence-corrected chi connectivity index (χ4v) is 7.52. The number of alkyl halides is 3. The largest absolute Gasteiger partial charge is 0.493 e. The third-order valence-corrected chi connectivity index (χ3v) is 12.3. The van der Waals surface area contributed by atoms with E-state index in [9.17, 15) is 9.90 Å². The molecule has 2 aliphatic heterocycles. The number of carbonyl (C=O) groups is 2. The van der Waals surface area contributed by atoms with Gasteiger partial charge in [0, 0.05) is 44.3 Å². The Hall–Kier alpha value is -3.27. The number of aryl methyl sites for hydroxylation is 2. The van der Waals surface area contributed by atoms with E-state index < -0.39 is 21.5 Å². The van der Waals surface area contributed by atoms with Crippen molar-refractivity contribution in [2.45, 2.75) is 101 Å². The number of amides is 2. The normalized spacial score (nSPS) is 18.9. The van der Waals surface area contributed by atoms with Crippen molar-refractivity contribution < 1.29 is 24.2 Å². The Morgan fingerprint density at radius 2 is 1.60 bits per heavy atom. The summed E-state index contributed by atoms with van der Waals surface area (Å²) in [5.41, 5.74) is 7.66. The lowest BCUT2D eigenvalue weighted by molar-refractivity contribution is -0.129. The molecular weight excluding hydrogens is 733 g/mol. The van der Waals surface area contributed by atoms with Gasteiger partial charge in [0.25, 0.3) is 5.91 Å². The molecule has 53 heavy (non-hydrogen) atoms. The Labute approximate surface area is 328 Å². The molecule has 6 rings (SSSR count). The van der Waals surface area contributed by atoms with Crippen molar-refractivity contribution in [1.82, 2.24) is 15.1 Å². The molecule has 3 aromatic rings. The number of aliphatic hydroxyl groups excluding tert-OH is 1. The Bertz CT molecular complexity index is 1850. The SMILES string of the molecule is Cc1ccc(C)c(OCCc2ccc(C3=C(C(=O)N(Cc4ccccc4CCO)C4CC4)C4CNCC(C3)N4C(=O)OC(C)(C)C(Cl)(Cl)Cl)cc2)c1C. The molecule has 2 N–H and O–H groups in total. The minimum atomic E-state index is -1.86. The maximum atomic E-state index is 15.1. The molecule has 1 saturated heterocycles. The summed E-state index contributed by atoms with van der Waals surface area (Å²) in [6.07, 6.45) is 2.87. The predicted octanol–water partition coefficient (Wildman–Crippen LogP) is 8.04. The first kappa shape index (κ1) is 39.4. The Balaban J connectivity index is 1.34. The van der Waals surface area contributed by atoms with Crippen LogP contribution in [0.1, 0.15) is 72.1 Å². The maximum Gasteiger partial charge on any atom is 0.411 e. The van der Waals surface area contributed by atoms with Gasteiger partial charge in [0.05, 0.1) is 18.7 Å². The smallest absolute Gasteiger partial charge is 0.411 e. The van der Waals surface area contributed by atoms with Crippen molar-refractivity contribution in [1.29, 1.82) is 0 Å². The Morgan fingerprint density at radius 1 is 0.925 bits per heavy atom. The van der Waals surface area contributed by atoms with E-state index in [0.717, 1.165) is 64.0 Å². The van der Waals surface area contributed by atoms with Crippen molar-refractivity contribution in [2.75, 3.05) is 26.3 Å². The van der Waals surface area contributed by atoms with Crippen LogP contribution in [-0.2, 0) is 28.9 Å². The molecule has 3 aromatic carbocycles. The zero-order valence-corrected chi connectivity index (χ0v) is 33.5. The highest BCUT2D eigenvalue weighted by atomic mass is 35.6. The molecule has 0 radical (unpaired) electrons. The third kappa shape index (κ3) is 8.68. The monoisotopic (exact) mass is 781 g/mol. The second kappa shape index (κ2) is 16.2. The van der Waals surface area contributed by atoms with Crippen LogP contribution >= 0.6 is 34.8 Å². The molecule has 2 amide bonds. The van der Waals surface area contributed by atoms with Crippen LogP contribution in [0.5, 0.6) is 5.75 Å². The van der Waals surface area contributed by atoms with Crippen molar-refractivity contribution in [2.24, 2.45) is 0 Å². The summed E-state index contributed by atoms with van der Waals surface area (Å²) >= 11 is 18.7. The zero-order valence-electron chi connectivity index (χ0n) is 31.2. The highest BCUT2D eigenvalue weighted by Crippen LogP contribution is 2.43. The van der Waals surface area contributed by atoms with Gasteiger partial charge >= 0.3 is 6.09 Å². The Morgan fingerprint density at radius 3 is 2.26 bits per heavy atom. The maximum absolute atomic E-state index is 15.1. The Kier molecular flexibility index (Phi) is 12.1. The first-order valence-electron chi connectivity index (χ1n) is 18.5. The van der Waals surface area contributed by atoms with E-state index in [2.05, 4.69) is 62.5 Å². The van der Waals surface area contributed by atoms with Crippen molar-refractivity contribution in [3.8, 4) is 5.75 Å². The molecule has 2 unspecified atom stereocenters. The summed E-state index contributed by atoms with van der Waals surface area (Å²) in [5.74, 6) is 0.838. The molecule has 284 valence electrons. The molecule has 2 atom stereocenters. The second-order valence-electron chi connectivity index (χ2n) is 15.1. The molecule has 3 aliphatic rings. The first-order valence-corrected chi connectivity index (χ1v) is 19.6. The summed E-state index contributed by atoms with van der Waals surface area (Å²) in [4.78, 5) is 32.8. The van der Waals surface area contributed by atoms with E-state index in [1.54, 1.807) is 18.7 Å². The molecular formula is C42H50Cl3N3O5. The number of fused-ring (bicyclic) bond motifs is 2. The fourth-order valence-electron chi connectivity index (χ4n) is 7.40. The standard InChI is InChI=1S/C42H50Cl3N3O5/c1-26-10-11-27(2)38(28(26)3)52-21-19-29-12-14-31(15-13-29)35-22-34-23-46-24-36(48(34)40(51)53-41(4,5)42(43,44)45)37(35)39(50)47(33-16-17-33)25-32-9-7-6-8-30(32)18-20-49/h6-15,33-34,36,46,49H,16-25H2,1-5H3. The van der Waals surface area contributed by atoms with Crippen LogP contribution in [0.15, 0.2) is 66.2 Å². The summed E-state index contributed by atoms with van der Waals surface area (Å²) < 4.78 is 10.3. The average Bonchev–Trinajstić information content (AvgIpc) is 3.96. The van der Waals surface area contributed by atoms with Gasteiger partial charge in [-0.15, -0.1) is 0 Å². The number of nitrogens with zero attached hydrogens (tertiary/aromatic N) is 2. The summed E-state index contributed by atoms with van der Waals surface area (Å²) in [7, 11) is 0. The fraction of sp³-hybridized carbons (Fsp3) is 0.476. The lowest BCUT2D eigenvalue weighted by Gasteiger charge is -2.48. The molecule has 2 heterocycles. The number of hydrogen-bond acceptors (Lipinski definition) is 6. The van der Waals surface area contributed by atoms with E-state index >= 15 is 4.79 Å². The van der Waals surface area contributed by atoms with E-state index in [-0.39, 0.29) is 24.6 Å². The molecule has 0 spiro atoms. The quantitative estimate of drug-likeness (QED) is 0.181. The number of aliphatic hydroxyl groups is 1. The van der Waals surface area contributed by atoms with E-state index in [1.807, 2.05) is 29.2 Å². The van der Waals surface area contributed by atoms with Crippen molar-refractivity contribution in [3.05, 3.63) is 105 Å². The van der Waals surface area contributed by atoms with Gasteiger partial charge in [-0.1, -0.05) is 95.5 Å². The zero-order chi connectivity index (χ0) is 38.1. The highest BCUT2D eigenvalue weighted by molar-refractivity contribution is 6.68. The van der Waals surface area contributed by atoms with Gasteiger partial charge in [-0.3, -0.25) is 9.69 Å². The molecule has 1 saturated carbocycles. The first-order chi connectivity index (χ1) is 25.2. The van der Waals surface area contributed by atoms with Crippen LogP contribution in [-0.4, -0.2) is 80.7 Å². The predicted molar refractivity (Wildman–Crippen MR) is 212 cm³/mol. The van der Waals surface area contributed by atoms with Crippen LogP contribution in [0.3, 0.4) is 0 Å². The number of halogens is 3. The second-order valence-corrected chi connectivity index (χ2v) is 17.3. The van der Waals surface area contributed by atoms with Crippen LogP contribution in [0.2, 0.25) is 0 Å². The highest BCUT2D eigenvalue weighted by Gasteiger charge is 2.50. The molecule has 2 fully saturated rings. The van der Waals surface area contributed by atoms with Gasteiger partial charge in [-0.25, -0.2) is 4.79 Å². The topological polar surface area (TPSA) is 91.3 Å². The van der Waals surface area contributed by atoms with Crippen molar-refractivity contribution >= 4 is 52.4 Å². The molecule has 1 aliphatic carbocycles. The molecule has 8 nitrogen and oxygen atoms in total. The van der Waals surface area contributed by atoms with Gasteiger partial charge < -0.3 is 24.8 Å². The lowest BCUT2D eigenvalue weighted by atomic mass is 9.81. The van der Waals surface area contributed by atoms with Gasteiger partial charge in [0.1, 0.15) is 5.75 Å². The summed E-state index contributed by atoms with van der Waals surface area (Å²) in [6.45, 7) is 11.3. The van der Waals surface area contributed by atoms with Crippen LogP contribution in [0.4, 0.5) is 4.79 Å². The minimum absolute atomic E-state index is 0.0216. The van der Waals surface area contributed by atoms with E-state index in [0.29, 0.717) is 44.7 Å². The number of rotatable bonds is 12. The molecule has 0 aromatic heterocycles. The average molecular weight is 783 g/mol. The number of ether oxygens (including phenoxy) is 2. The lowest BCUT2D eigenvalue weighted by Crippen LogP contribution is -2.64. The van der Waals surface area contributed by atoms with Crippen molar-refractivity contribution in [3.63, 3.8) is 0 Å². The number of nitrogens with one attached hydrogen (secondary N) is 1. The van der Waals surface area contributed by atoms with E-state index in [1.165, 1.54) is 5.56 Å². The van der Waals surface area contributed by atoms with Gasteiger partial charge in [0.15, 0.2) is 5.60 Å². The molecule has 2 bridgehead atoms. The van der Waals surface area contributed by atoms with Crippen LogP contribution in [0.25, 0.3) is 5.57 Å². The number of hydrogen-bond donors (Lipinski definition) is 2. The van der Waals surface area contributed by atoms with E-state index in [4.69, 9.17) is 44.3 Å². The van der Waals surface area contributed by atoms with Gasteiger partial charge in [-0.05, 0) is 105 Å².